The molecule has 0 saturated carbocycles. The topological polar surface area (TPSA) is 98.6 Å². The number of anilines is 1. The Labute approximate surface area is 125 Å². The summed E-state index contributed by atoms with van der Waals surface area (Å²) in [6.45, 7) is 3.82. The Bertz CT molecular complexity index is 497. The third-order valence-electron chi connectivity index (χ3n) is 3.18. The fraction of sp³-hybridized carbons (Fsp3) is 0.467. The molecule has 0 saturated heterocycles. The van der Waals surface area contributed by atoms with Crippen molar-refractivity contribution in [3.8, 4) is 0 Å². The Morgan fingerprint density at radius 2 is 1.81 bits per heavy atom. The first kappa shape index (κ1) is 17.0. The minimum Gasteiger partial charge on any atom is -0.399 e. The molecule has 0 radical (unpaired) electrons. The highest BCUT2D eigenvalue weighted by molar-refractivity contribution is 5.84. The van der Waals surface area contributed by atoms with Gasteiger partial charge in [-0.2, -0.15) is 0 Å². The summed E-state index contributed by atoms with van der Waals surface area (Å²) in [4.78, 5) is 24.9. The molecule has 1 aromatic rings. The molecule has 0 heterocycles. The molecule has 0 aliphatic rings. The van der Waals surface area contributed by atoms with Gasteiger partial charge in [-0.15, -0.1) is 0 Å². The fourth-order valence-electron chi connectivity index (χ4n) is 1.81. The number of hydrogen-bond donors (Lipinski definition) is 2. The normalized spacial score (nSPS) is 11.2. The molecule has 1 rings (SSSR count). The third-order valence-corrected chi connectivity index (χ3v) is 3.18. The van der Waals surface area contributed by atoms with Crippen LogP contribution in [0, 0.1) is 0 Å². The van der Waals surface area contributed by atoms with Gasteiger partial charge in [0.25, 0.3) is 0 Å². The van der Waals surface area contributed by atoms with E-state index in [1.54, 1.807) is 19.2 Å². The molecular weight excluding hydrogens is 270 g/mol. The van der Waals surface area contributed by atoms with Gasteiger partial charge in [0.1, 0.15) is 0 Å². The molecule has 0 aliphatic heterocycles. The second kappa shape index (κ2) is 7.08. The number of rotatable bonds is 7. The summed E-state index contributed by atoms with van der Waals surface area (Å²) < 4.78 is 5.25. The van der Waals surface area contributed by atoms with E-state index in [0.29, 0.717) is 12.2 Å². The van der Waals surface area contributed by atoms with Crippen LogP contribution in [0.3, 0.4) is 0 Å². The average Bonchev–Trinajstić information content (AvgIpc) is 2.39. The van der Waals surface area contributed by atoms with E-state index in [2.05, 4.69) is 0 Å². The lowest BCUT2D eigenvalue weighted by atomic mass is 10.0. The minimum atomic E-state index is -0.589. The van der Waals surface area contributed by atoms with Crippen LogP contribution >= 0.6 is 0 Å². The molecule has 0 aromatic heterocycles. The van der Waals surface area contributed by atoms with E-state index in [1.165, 1.54) is 4.90 Å². The lowest BCUT2D eigenvalue weighted by molar-refractivity contribution is -0.140. The summed E-state index contributed by atoms with van der Waals surface area (Å²) >= 11 is 0. The minimum absolute atomic E-state index is 0.122. The molecule has 0 aliphatic carbocycles. The highest BCUT2D eigenvalue weighted by Crippen LogP contribution is 2.16. The molecule has 116 valence electrons. The predicted octanol–water partition coefficient (Wildman–Crippen LogP) is 0.898. The molecule has 2 amide bonds. The summed E-state index contributed by atoms with van der Waals surface area (Å²) in [5.74, 6) is -0.730. The number of methoxy groups -OCH3 is 1. The Morgan fingerprint density at radius 1 is 1.24 bits per heavy atom. The smallest absolute Gasteiger partial charge is 0.237 e. The first-order valence-electron chi connectivity index (χ1n) is 6.69. The first-order chi connectivity index (χ1) is 9.73. The van der Waals surface area contributed by atoms with Crippen molar-refractivity contribution in [2.75, 3.05) is 19.4 Å². The van der Waals surface area contributed by atoms with Gasteiger partial charge in [-0.3, -0.25) is 9.59 Å². The zero-order valence-electron chi connectivity index (χ0n) is 12.8. The number of primary amides is 1. The standard InChI is InChI=1S/C15H23N3O3/c1-15(2,21-3)8-14(20)18(10-13(17)19)9-11-4-6-12(16)7-5-11/h4-7H,8-10,16H2,1-3H3,(H2,17,19). The number of amides is 2. The van der Waals surface area contributed by atoms with Gasteiger partial charge in [-0.1, -0.05) is 12.1 Å². The number of carbonyl (C=O) groups excluding carboxylic acids is 2. The predicted molar refractivity (Wildman–Crippen MR) is 81.2 cm³/mol. The molecule has 6 nitrogen and oxygen atoms in total. The van der Waals surface area contributed by atoms with E-state index < -0.39 is 11.5 Å². The zero-order chi connectivity index (χ0) is 16.0. The van der Waals surface area contributed by atoms with Crippen LogP contribution in [-0.4, -0.2) is 36.0 Å². The molecule has 21 heavy (non-hydrogen) atoms. The van der Waals surface area contributed by atoms with E-state index in [9.17, 15) is 9.59 Å². The van der Waals surface area contributed by atoms with Gasteiger partial charge in [0.15, 0.2) is 0 Å². The van der Waals surface area contributed by atoms with Crippen LogP contribution in [0.5, 0.6) is 0 Å². The number of nitrogens with two attached hydrogens (primary N) is 2. The molecule has 0 unspecified atom stereocenters. The van der Waals surface area contributed by atoms with E-state index >= 15 is 0 Å². The van der Waals surface area contributed by atoms with E-state index in [4.69, 9.17) is 16.2 Å². The van der Waals surface area contributed by atoms with Crippen LogP contribution < -0.4 is 11.5 Å². The summed E-state index contributed by atoms with van der Waals surface area (Å²) in [7, 11) is 1.55. The number of ether oxygens (including phenoxy) is 1. The molecule has 0 fully saturated rings. The van der Waals surface area contributed by atoms with Crippen LogP contribution in [0.25, 0.3) is 0 Å². The molecule has 0 bridgehead atoms. The second-order valence-electron chi connectivity index (χ2n) is 5.60. The quantitative estimate of drug-likeness (QED) is 0.730. The Balaban J connectivity index is 2.82. The maximum Gasteiger partial charge on any atom is 0.237 e. The van der Waals surface area contributed by atoms with Gasteiger partial charge in [0.2, 0.25) is 11.8 Å². The number of nitrogen functional groups attached to an aromatic ring is 1. The van der Waals surface area contributed by atoms with Gasteiger partial charge in [-0.25, -0.2) is 0 Å². The highest BCUT2D eigenvalue weighted by atomic mass is 16.5. The number of carbonyl (C=O) groups is 2. The molecule has 0 atom stereocenters. The molecular formula is C15H23N3O3. The largest absolute Gasteiger partial charge is 0.399 e. The van der Waals surface area contributed by atoms with Crippen molar-refractivity contribution in [1.82, 2.24) is 4.90 Å². The fourth-order valence-corrected chi connectivity index (χ4v) is 1.81. The lowest BCUT2D eigenvalue weighted by Crippen LogP contribution is -2.41. The Hall–Kier alpha value is -2.08. The summed E-state index contributed by atoms with van der Waals surface area (Å²) in [6, 6.07) is 7.14. The van der Waals surface area contributed by atoms with Crippen molar-refractivity contribution in [1.29, 1.82) is 0 Å². The number of nitrogens with zero attached hydrogens (tertiary/aromatic N) is 1. The van der Waals surface area contributed by atoms with E-state index in [0.717, 1.165) is 5.56 Å². The van der Waals surface area contributed by atoms with Gasteiger partial charge in [0.05, 0.1) is 18.6 Å². The van der Waals surface area contributed by atoms with Crippen LogP contribution in [0.2, 0.25) is 0 Å². The van der Waals surface area contributed by atoms with Crippen molar-refractivity contribution in [2.45, 2.75) is 32.4 Å². The Morgan fingerprint density at radius 3 is 2.29 bits per heavy atom. The number of hydrogen-bond acceptors (Lipinski definition) is 4. The summed E-state index contributed by atoms with van der Waals surface area (Å²) in [5, 5.41) is 0. The maximum atomic E-state index is 12.3. The van der Waals surface area contributed by atoms with Crippen molar-refractivity contribution in [3.63, 3.8) is 0 Å². The zero-order valence-corrected chi connectivity index (χ0v) is 12.8. The van der Waals surface area contributed by atoms with Crippen LogP contribution in [0.1, 0.15) is 25.8 Å². The van der Waals surface area contributed by atoms with Gasteiger partial charge in [-0.05, 0) is 31.5 Å². The SMILES string of the molecule is COC(C)(C)CC(=O)N(CC(N)=O)Cc1ccc(N)cc1. The van der Waals surface area contributed by atoms with Gasteiger partial charge < -0.3 is 21.1 Å². The maximum absolute atomic E-state index is 12.3. The molecule has 6 heteroatoms. The third kappa shape index (κ3) is 5.83. The molecule has 4 N–H and O–H groups in total. The molecule has 1 aromatic carbocycles. The lowest BCUT2D eigenvalue weighted by Gasteiger charge is -2.27. The van der Waals surface area contributed by atoms with E-state index in [-0.39, 0.29) is 18.9 Å². The van der Waals surface area contributed by atoms with Gasteiger partial charge >= 0.3 is 0 Å². The second-order valence-corrected chi connectivity index (χ2v) is 5.60. The summed E-state index contributed by atoms with van der Waals surface area (Å²) in [6.07, 6.45) is 0.172. The van der Waals surface area contributed by atoms with E-state index in [1.807, 2.05) is 26.0 Å². The van der Waals surface area contributed by atoms with Crippen molar-refractivity contribution in [2.24, 2.45) is 5.73 Å². The van der Waals surface area contributed by atoms with Crippen LogP contribution in [0.15, 0.2) is 24.3 Å². The van der Waals surface area contributed by atoms with Crippen molar-refractivity contribution in [3.05, 3.63) is 29.8 Å². The van der Waals surface area contributed by atoms with Crippen LogP contribution in [-0.2, 0) is 20.9 Å². The Kier molecular flexibility index (Phi) is 5.72. The van der Waals surface area contributed by atoms with Gasteiger partial charge in [0, 0.05) is 19.3 Å². The first-order valence-corrected chi connectivity index (χ1v) is 6.69. The highest BCUT2D eigenvalue weighted by Gasteiger charge is 2.25. The molecule has 0 spiro atoms. The monoisotopic (exact) mass is 293 g/mol. The van der Waals surface area contributed by atoms with Crippen molar-refractivity contribution < 1.29 is 14.3 Å². The van der Waals surface area contributed by atoms with Crippen LogP contribution in [0.4, 0.5) is 5.69 Å². The van der Waals surface area contributed by atoms with Crippen molar-refractivity contribution >= 4 is 17.5 Å². The average molecular weight is 293 g/mol. The summed E-state index contributed by atoms with van der Waals surface area (Å²) in [5.41, 5.74) is 11.8. The number of benzene rings is 1.